The number of hydrogen-bond donors (Lipinski definition) is 3. The summed E-state index contributed by atoms with van der Waals surface area (Å²) >= 11 is 1.24. The summed E-state index contributed by atoms with van der Waals surface area (Å²) in [6.07, 6.45) is 2.03. The molecule has 0 aliphatic heterocycles. The molecule has 5 rings (SSSR count). The van der Waals surface area contributed by atoms with Gasteiger partial charge in [-0.1, -0.05) is 17.4 Å². The van der Waals surface area contributed by atoms with Crippen molar-refractivity contribution in [3.63, 3.8) is 0 Å². The summed E-state index contributed by atoms with van der Waals surface area (Å²) in [5, 5.41) is 9.26. The van der Waals surface area contributed by atoms with E-state index in [0.29, 0.717) is 33.0 Å². The summed E-state index contributed by atoms with van der Waals surface area (Å²) in [4.78, 5) is 34.5. The molecule has 2 amide bonds. The monoisotopic (exact) mass is 540 g/mol. The summed E-state index contributed by atoms with van der Waals surface area (Å²) in [5.74, 6) is -0.994. The summed E-state index contributed by atoms with van der Waals surface area (Å²) in [6.45, 7) is 3.50. The molecule has 0 radical (unpaired) electrons. The number of carbonyl (C=O) groups is 2. The average molecular weight is 541 g/mol. The van der Waals surface area contributed by atoms with Crippen molar-refractivity contribution >= 4 is 39.7 Å². The Morgan fingerprint density at radius 3 is 2.50 bits per heavy atom. The number of alkyl halides is 3. The van der Waals surface area contributed by atoms with Gasteiger partial charge >= 0.3 is 6.18 Å². The second-order valence-electron chi connectivity index (χ2n) is 9.07. The van der Waals surface area contributed by atoms with Crippen LogP contribution in [-0.2, 0) is 6.18 Å². The molecule has 12 heteroatoms. The van der Waals surface area contributed by atoms with Crippen LogP contribution in [0.3, 0.4) is 0 Å². The highest BCUT2D eigenvalue weighted by Crippen LogP contribution is 2.33. The van der Waals surface area contributed by atoms with Gasteiger partial charge in [0.25, 0.3) is 11.8 Å². The lowest BCUT2D eigenvalue weighted by Crippen LogP contribution is -2.16. The highest BCUT2D eigenvalue weighted by Gasteiger charge is 2.31. The Labute approximate surface area is 219 Å². The number of hydrogen-bond acceptors (Lipinski definition) is 6. The van der Waals surface area contributed by atoms with Gasteiger partial charge in [0.1, 0.15) is 4.88 Å². The zero-order valence-electron chi connectivity index (χ0n) is 20.4. The third-order valence-electron chi connectivity index (χ3n) is 5.90. The molecule has 4 aromatic rings. The average Bonchev–Trinajstić information content (AvgIpc) is 3.36. The minimum absolute atomic E-state index is 0.0299. The number of halogens is 3. The van der Waals surface area contributed by atoms with Gasteiger partial charge in [0.2, 0.25) is 0 Å². The Morgan fingerprint density at radius 2 is 1.82 bits per heavy atom. The van der Waals surface area contributed by atoms with E-state index >= 15 is 0 Å². The van der Waals surface area contributed by atoms with E-state index in [2.05, 4.69) is 25.9 Å². The normalized spacial score (nSPS) is 13.3. The highest BCUT2D eigenvalue weighted by atomic mass is 32.1. The van der Waals surface area contributed by atoms with Crippen LogP contribution in [0.5, 0.6) is 0 Å². The Balaban J connectivity index is 1.35. The van der Waals surface area contributed by atoms with E-state index in [9.17, 15) is 22.8 Å². The fraction of sp³-hybridized carbons (Fsp3) is 0.231. The Bertz CT molecular complexity index is 1520. The largest absolute Gasteiger partial charge is 0.416 e. The second kappa shape index (κ2) is 9.93. The summed E-state index contributed by atoms with van der Waals surface area (Å²) in [6, 6.07) is 8.39. The Hall–Kier alpha value is -4.19. The van der Waals surface area contributed by atoms with Crippen molar-refractivity contribution in [2.24, 2.45) is 0 Å². The van der Waals surface area contributed by atoms with Crippen LogP contribution >= 0.6 is 11.3 Å². The smallest absolute Gasteiger partial charge is 0.359 e. The van der Waals surface area contributed by atoms with Crippen LogP contribution in [0.2, 0.25) is 0 Å². The lowest BCUT2D eigenvalue weighted by Gasteiger charge is -2.14. The van der Waals surface area contributed by atoms with Gasteiger partial charge in [-0.15, -0.1) is 0 Å². The number of anilines is 3. The quantitative estimate of drug-likeness (QED) is 0.265. The number of aryl methyl sites for hydroxylation is 2. The number of amides is 2. The predicted octanol–water partition coefficient (Wildman–Crippen LogP) is 6.04. The van der Waals surface area contributed by atoms with Gasteiger partial charge in [-0.05, 0) is 62.6 Å². The van der Waals surface area contributed by atoms with Crippen molar-refractivity contribution in [3.05, 3.63) is 82.4 Å². The number of benzene rings is 2. The van der Waals surface area contributed by atoms with Crippen LogP contribution in [0.1, 0.15) is 49.7 Å². The number of thiazole rings is 1. The molecule has 0 atom stereocenters. The lowest BCUT2D eigenvalue weighted by atomic mass is 10.1. The maximum absolute atomic E-state index is 13.6. The summed E-state index contributed by atoms with van der Waals surface area (Å²) < 4.78 is 42.2. The van der Waals surface area contributed by atoms with E-state index in [1.807, 2.05) is 0 Å². The van der Waals surface area contributed by atoms with Gasteiger partial charge in [0.05, 0.1) is 23.8 Å². The Kier molecular flexibility index (Phi) is 6.66. The van der Waals surface area contributed by atoms with Gasteiger partial charge in [0, 0.05) is 34.9 Å². The van der Waals surface area contributed by atoms with E-state index in [4.69, 9.17) is 0 Å². The van der Waals surface area contributed by atoms with E-state index < -0.39 is 17.6 Å². The van der Waals surface area contributed by atoms with Crippen molar-refractivity contribution in [2.75, 3.05) is 16.0 Å². The fourth-order valence-electron chi connectivity index (χ4n) is 3.69. The van der Waals surface area contributed by atoms with Crippen molar-refractivity contribution in [1.82, 2.24) is 14.5 Å². The molecule has 2 heterocycles. The molecule has 38 heavy (non-hydrogen) atoms. The predicted molar refractivity (Wildman–Crippen MR) is 139 cm³/mol. The molecule has 2 aromatic heterocycles. The zero-order chi connectivity index (χ0) is 27.0. The minimum Gasteiger partial charge on any atom is -0.359 e. The molecule has 2 aromatic carbocycles. The molecule has 1 aliphatic carbocycles. The maximum atomic E-state index is 13.6. The summed E-state index contributed by atoms with van der Waals surface area (Å²) in [5.41, 5.74) is 1.19. The number of nitrogens with zero attached hydrogens (tertiary/aromatic N) is 3. The first-order valence-electron chi connectivity index (χ1n) is 11.7. The first-order valence-corrected chi connectivity index (χ1v) is 12.6. The SMILES string of the molecule is Cc1cn(-c2cc(NC(=O)c3ccc(C)c(NC(=O)c4cnc(NC5CC5)s4)c3)cc(C(F)(F)F)c2)cn1. The third-order valence-corrected chi connectivity index (χ3v) is 6.82. The van der Waals surface area contributed by atoms with Gasteiger partial charge in [-0.3, -0.25) is 9.59 Å². The molecule has 0 unspecified atom stereocenters. The van der Waals surface area contributed by atoms with E-state index in [-0.39, 0.29) is 22.8 Å². The van der Waals surface area contributed by atoms with Gasteiger partial charge in [0.15, 0.2) is 5.13 Å². The first kappa shape index (κ1) is 25.5. The molecule has 1 fully saturated rings. The molecule has 196 valence electrons. The lowest BCUT2D eigenvalue weighted by molar-refractivity contribution is -0.137. The van der Waals surface area contributed by atoms with Crippen LogP contribution < -0.4 is 16.0 Å². The Morgan fingerprint density at radius 1 is 1.03 bits per heavy atom. The van der Waals surface area contributed by atoms with Crippen LogP contribution in [0.4, 0.5) is 29.7 Å². The van der Waals surface area contributed by atoms with Crippen molar-refractivity contribution in [2.45, 2.75) is 38.9 Å². The number of aromatic nitrogens is 3. The van der Waals surface area contributed by atoms with Crippen LogP contribution in [0, 0.1) is 13.8 Å². The van der Waals surface area contributed by atoms with Gasteiger partial charge in [-0.2, -0.15) is 13.2 Å². The first-order chi connectivity index (χ1) is 18.0. The van der Waals surface area contributed by atoms with Crippen LogP contribution in [-0.4, -0.2) is 32.4 Å². The van der Waals surface area contributed by atoms with Crippen LogP contribution in [0.25, 0.3) is 5.69 Å². The second-order valence-corrected chi connectivity index (χ2v) is 10.1. The minimum atomic E-state index is -4.61. The highest BCUT2D eigenvalue weighted by molar-refractivity contribution is 7.17. The molecule has 0 bridgehead atoms. The number of nitrogens with one attached hydrogen (secondary N) is 3. The van der Waals surface area contributed by atoms with Crippen LogP contribution in [0.15, 0.2) is 55.1 Å². The molecule has 1 aliphatic rings. The van der Waals surface area contributed by atoms with Crippen molar-refractivity contribution in [3.8, 4) is 5.69 Å². The number of carbonyl (C=O) groups excluding carboxylic acids is 2. The third kappa shape index (κ3) is 5.86. The van der Waals surface area contributed by atoms with Crippen molar-refractivity contribution in [1.29, 1.82) is 0 Å². The molecule has 1 saturated carbocycles. The molecule has 0 saturated heterocycles. The molecule has 3 N–H and O–H groups in total. The van der Waals surface area contributed by atoms with Crippen molar-refractivity contribution < 1.29 is 22.8 Å². The number of imidazole rings is 1. The van der Waals surface area contributed by atoms with E-state index in [1.165, 1.54) is 40.6 Å². The van der Waals surface area contributed by atoms with Gasteiger partial charge in [-0.25, -0.2) is 9.97 Å². The summed E-state index contributed by atoms with van der Waals surface area (Å²) in [7, 11) is 0. The topological polar surface area (TPSA) is 101 Å². The number of rotatable bonds is 7. The standard InChI is InChI=1S/C26H23F3N6O2S/c1-14-3-4-16(7-21(14)34-24(37)22-11-30-25(38-22)33-18-5-6-18)23(36)32-19-8-17(26(27,28)29)9-20(10-19)35-12-15(2)31-13-35/h3-4,7-13,18H,5-6H2,1-2H3,(H,30,33)(H,32,36)(H,34,37). The maximum Gasteiger partial charge on any atom is 0.416 e. The fourth-order valence-corrected chi connectivity index (χ4v) is 4.48. The zero-order valence-corrected chi connectivity index (χ0v) is 21.2. The molecule has 8 nitrogen and oxygen atoms in total. The van der Waals surface area contributed by atoms with E-state index in [1.54, 1.807) is 32.2 Å². The molecular formula is C26H23F3N6O2S. The molecular weight excluding hydrogens is 517 g/mol. The van der Waals surface area contributed by atoms with Gasteiger partial charge < -0.3 is 20.5 Å². The van der Waals surface area contributed by atoms with E-state index in [0.717, 1.165) is 25.0 Å². The molecule has 0 spiro atoms.